The van der Waals surface area contributed by atoms with Crippen LogP contribution in [0.4, 0.5) is 0 Å². The van der Waals surface area contributed by atoms with Gasteiger partial charge in [-0.2, -0.15) is 4.98 Å². The van der Waals surface area contributed by atoms with E-state index in [0.29, 0.717) is 31.1 Å². The standard InChI is InChI=1S/C15H24N4O2/c1-11-16-14(17-21-11)5-7-18(2)15(20)6-8-19-10-12-3-4-13(19)9-12/h12-13H,3-10H2,1-2H3/t12-,13+/m1/s1. The first-order valence-corrected chi connectivity index (χ1v) is 7.89. The van der Waals surface area contributed by atoms with Crippen molar-refractivity contribution in [2.75, 3.05) is 26.7 Å². The number of aryl methyl sites for hydroxylation is 1. The van der Waals surface area contributed by atoms with E-state index in [1.54, 1.807) is 11.8 Å². The van der Waals surface area contributed by atoms with Crippen LogP contribution >= 0.6 is 0 Å². The molecule has 1 amide bonds. The highest BCUT2D eigenvalue weighted by atomic mass is 16.5. The minimum atomic E-state index is 0.206. The van der Waals surface area contributed by atoms with Crippen LogP contribution in [0.25, 0.3) is 0 Å². The molecule has 0 aromatic carbocycles. The zero-order valence-electron chi connectivity index (χ0n) is 12.9. The van der Waals surface area contributed by atoms with Crippen LogP contribution < -0.4 is 0 Å². The molecule has 1 aromatic heterocycles. The van der Waals surface area contributed by atoms with Crippen molar-refractivity contribution in [3.05, 3.63) is 11.7 Å². The van der Waals surface area contributed by atoms with Gasteiger partial charge in [0.2, 0.25) is 11.8 Å². The molecule has 2 atom stereocenters. The smallest absolute Gasteiger partial charge is 0.223 e. The fourth-order valence-corrected chi connectivity index (χ4v) is 3.57. The summed E-state index contributed by atoms with van der Waals surface area (Å²) in [5.41, 5.74) is 0. The Morgan fingerprint density at radius 2 is 2.33 bits per heavy atom. The van der Waals surface area contributed by atoms with Crippen LogP contribution in [0.3, 0.4) is 0 Å². The molecule has 1 saturated heterocycles. The first-order valence-electron chi connectivity index (χ1n) is 7.89. The first kappa shape index (κ1) is 14.5. The number of fused-ring (bicyclic) bond motifs is 2. The van der Waals surface area contributed by atoms with Crippen LogP contribution in [-0.2, 0) is 11.2 Å². The fourth-order valence-electron chi connectivity index (χ4n) is 3.57. The maximum atomic E-state index is 12.2. The molecule has 1 saturated carbocycles. The summed E-state index contributed by atoms with van der Waals surface area (Å²) in [5, 5.41) is 3.85. The predicted molar refractivity (Wildman–Crippen MR) is 77.7 cm³/mol. The van der Waals surface area contributed by atoms with Gasteiger partial charge in [0.1, 0.15) is 0 Å². The van der Waals surface area contributed by atoms with Crippen LogP contribution in [-0.4, -0.2) is 58.6 Å². The maximum absolute atomic E-state index is 12.2. The van der Waals surface area contributed by atoms with Gasteiger partial charge in [0.15, 0.2) is 5.82 Å². The van der Waals surface area contributed by atoms with E-state index in [1.807, 2.05) is 7.05 Å². The summed E-state index contributed by atoms with van der Waals surface area (Å²) in [7, 11) is 1.85. The zero-order chi connectivity index (χ0) is 14.8. The van der Waals surface area contributed by atoms with Crippen molar-refractivity contribution in [3.63, 3.8) is 0 Å². The number of likely N-dealkylation sites (tertiary alicyclic amines) is 1. The van der Waals surface area contributed by atoms with Crippen molar-refractivity contribution in [3.8, 4) is 0 Å². The number of carbonyl (C=O) groups excluding carboxylic acids is 1. The van der Waals surface area contributed by atoms with Gasteiger partial charge in [-0.3, -0.25) is 9.69 Å². The topological polar surface area (TPSA) is 62.5 Å². The number of rotatable bonds is 6. The Balaban J connectivity index is 1.38. The Morgan fingerprint density at radius 1 is 1.48 bits per heavy atom. The first-order chi connectivity index (χ1) is 10.1. The predicted octanol–water partition coefficient (Wildman–Crippen LogP) is 1.25. The lowest BCUT2D eigenvalue weighted by Gasteiger charge is -2.27. The second-order valence-corrected chi connectivity index (χ2v) is 6.37. The highest BCUT2D eigenvalue weighted by Crippen LogP contribution is 2.37. The molecule has 0 spiro atoms. The van der Waals surface area contributed by atoms with Crippen molar-refractivity contribution in [1.29, 1.82) is 0 Å². The monoisotopic (exact) mass is 292 g/mol. The van der Waals surface area contributed by atoms with E-state index in [4.69, 9.17) is 4.52 Å². The van der Waals surface area contributed by atoms with Gasteiger partial charge in [-0.25, -0.2) is 0 Å². The molecule has 0 unspecified atom stereocenters. The Kier molecular flexibility index (Phi) is 4.24. The minimum Gasteiger partial charge on any atom is -0.345 e. The maximum Gasteiger partial charge on any atom is 0.223 e. The highest BCUT2D eigenvalue weighted by molar-refractivity contribution is 5.76. The summed E-state index contributed by atoms with van der Waals surface area (Å²) in [4.78, 5) is 20.6. The molecular formula is C15H24N4O2. The Bertz CT molecular complexity index is 502. The van der Waals surface area contributed by atoms with Gasteiger partial charge >= 0.3 is 0 Å². The summed E-state index contributed by atoms with van der Waals surface area (Å²) in [6, 6.07) is 0.746. The molecule has 116 valence electrons. The van der Waals surface area contributed by atoms with Gasteiger partial charge in [-0.05, 0) is 25.2 Å². The zero-order valence-corrected chi connectivity index (χ0v) is 12.9. The van der Waals surface area contributed by atoms with Gasteiger partial charge in [-0.15, -0.1) is 0 Å². The largest absolute Gasteiger partial charge is 0.345 e. The number of hydrogen-bond acceptors (Lipinski definition) is 5. The molecule has 6 nitrogen and oxygen atoms in total. The summed E-state index contributed by atoms with van der Waals surface area (Å²) in [5.74, 6) is 2.34. The number of nitrogens with zero attached hydrogens (tertiary/aromatic N) is 4. The van der Waals surface area contributed by atoms with E-state index in [0.717, 1.165) is 18.5 Å². The van der Waals surface area contributed by atoms with Crippen molar-refractivity contribution in [2.24, 2.45) is 5.92 Å². The number of carbonyl (C=O) groups is 1. The van der Waals surface area contributed by atoms with Crippen LogP contribution in [0.5, 0.6) is 0 Å². The fraction of sp³-hybridized carbons (Fsp3) is 0.800. The molecule has 2 heterocycles. The number of amides is 1. The average molecular weight is 292 g/mol. The molecule has 1 aliphatic carbocycles. The van der Waals surface area contributed by atoms with Crippen molar-refractivity contribution in [1.82, 2.24) is 19.9 Å². The quantitative estimate of drug-likeness (QED) is 0.789. The molecule has 1 aliphatic heterocycles. The molecular weight excluding hydrogens is 268 g/mol. The molecule has 1 aromatic rings. The van der Waals surface area contributed by atoms with E-state index < -0.39 is 0 Å². The van der Waals surface area contributed by atoms with Crippen LogP contribution in [0.15, 0.2) is 4.52 Å². The number of likely N-dealkylation sites (N-methyl/N-ethyl adjacent to an activating group) is 1. The average Bonchev–Trinajstić information content (AvgIpc) is 3.18. The Labute approximate surface area is 125 Å². The number of hydrogen-bond donors (Lipinski definition) is 0. The lowest BCUT2D eigenvalue weighted by molar-refractivity contribution is -0.130. The van der Waals surface area contributed by atoms with Crippen LogP contribution in [0, 0.1) is 12.8 Å². The van der Waals surface area contributed by atoms with E-state index in [-0.39, 0.29) is 5.91 Å². The molecule has 2 aliphatic rings. The molecule has 3 rings (SSSR count). The number of piperidine rings is 1. The third-order valence-corrected chi connectivity index (χ3v) is 4.80. The Morgan fingerprint density at radius 3 is 2.95 bits per heavy atom. The molecule has 6 heteroatoms. The normalized spacial score (nSPS) is 24.7. The van der Waals surface area contributed by atoms with Crippen LogP contribution in [0.2, 0.25) is 0 Å². The van der Waals surface area contributed by atoms with E-state index in [2.05, 4.69) is 15.0 Å². The lowest BCUT2D eigenvalue weighted by atomic mass is 10.1. The summed E-state index contributed by atoms with van der Waals surface area (Å²) in [6.45, 7) is 4.52. The second-order valence-electron chi connectivity index (χ2n) is 6.37. The minimum absolute atomic E-state index is 0.206. The molecule has 2 fully saturated rings. The van der Waals surface area contributed by atoms with Gasteiger partial charge in [-0.1, -0.05) is 5.16 Å². The van der Waals surface area contributed by atoms with Gasteiger partial charge in [0.05, 0.1) is 0 Å². The lowest BCUT2D eigenvalue weighted by Crippen LogP contribution is -2.37. The van der Waals surface area contributed by atoms with Crippen LogP contribution in [0.1, 0.15) is 37.4 Å². The summed E-state index contributed by atoms with van der Waals surface area (Å²) >= 11 is 0. The van der Waals surface area contributed by atoms with E-state index in [1.165, 1.54) is 25.8 Å². The van der Waals surface area contributed by atoms with Gasteiger partial charge in [0.25, 0.3) is 0 Å². The third kappa shape index (κ3) is 3.43. The van der Waals surface area contributed by atoms with E-state index in [9.17, 15) is 4.79 Å². The van der Waals surface area contributed by atoms with E-state index >= 15 is 0 Å². The Hall–Kier alpha value is -1.43. The van der Waals surface area contributed by atoms with Crippen molar-refractivity contribution in [2.45, 2.75) is 45.1 Å². The van der Waals surface area contributed by atoms with Gasteiger partial charge in [0, 0.05) is 52.5 Å². The van der Waals surface area contributed by atoms with Crippen molar-refractivity contribution >= 4 is 5.91 Å². The molecule has 0 N–H and O–H groups in total. The summed E-state index contributed by atoms with van der Waals surface area (Å²) in [6.07, 6.45) is 5.32. The second kappa shape index (κ2) is 6.13. The molecule has 21 heavy (non-hydrogen) atoms. The SMILES string of the molecule is Cc1nc(CCN(C)C(=O)CCN2C[C@@H]3CC[C@H]2C3)no1. The number of aromatic nitrogens is 2. The van der Waals surface area contributed by atoms with Gasteiger partial charge < -0.3 is 9.42 Å². The van der Waals surface area contributed by atoms with Crippen molar-refractivity contribution < 1.29 is 9.32 Å². The molecule has 2 bridgehead atoms. The third-order valence-electron chi connectivity index (χ3n) is 4.80. The summed E-state index contributed by atoms with van der Waals surface area (Å²) < 4.78 is 4.93. The molecule has 0 radical (unpaired) electrons. The highest BCUT2D eigenvalue weighted by Gasteiger charge is 2.37.